The zero-order valence-electron chi connectivity index (χ0n) is 15.8. The Morgan fingerprint density at radius 3 is 2.57 bits per heavy atom. The second kappa shape index (κ2) is 8.77. The van der Waals surface area contributed by atoms with Crippen LogP contribution in [0.4, 0.5) is 10.5 Å². The minimum absolute atomic E-state index is 0.263. The van der Waals surface area contributed by atoms with Crippen LogP contribution in [0.1, 0.15) is 16.8 Å². The number of pyridine rings is 1. The number of nitrogens with two attached hydrogens (primary N) is 1. The molecule has 0 atom stereocenters. The van der Waals surface area contributed by atoms with E-state index in [1.165, 1.54) is 0 Å². The van der Waals surface area contributed by atoms with Crippen LogP contribution in [-0.2, 0) is 6.61 Å². The standard InChI is InChI=1S/C21H21N5O2/c1-14-7-6-10-19(24-21(27)25-26-22)18(14)13-28-20-12-11-17(15(2)23-20)16-8-4-3-5-9-16/h3-12H,13H2,1-2H3,(H3,22,24,25,27)/p+1. The molecule has 2 amide bonds. The van der Waals surface area contributed by atoms with Crippen LogP contribution in [-0.4, -0.2) is 11.0 Å². The molecular formula is C21H22N5O2+. The highest BCUT2D eigenvalue weighted by molar-refractivity contribution is 5.89. The van der Waals surface area contributed by atoms with Gasteiger partial charge in [0.15, 0.2) is 0 Å². The van der Waals surface area contributed by atoms with Gasteiger partial charge in [-0.2, -0.15) is 5.53 Å². The van der Waals surface area contributed by atoms with Gasteiger partial charge in [-0.1, -0.05) is 47.9 Å². The van der Waals surface area contributed by atoms with Gasteiger partial charge in [0.25, 0.3) is 0 Å². The van der Waals surface area contributed by atoms with E-state index in [0.717, 1.165) is 27.9 Å². The minimum atomic E-state index is -0.518. The maximum absolute atomic E-state index is 11.7. The number of rotatable bonds is 6. The highest BCUT2D eigenvalue weighted by atomic mass is 16.5. The Labute approximate surface area is 163 Å². The number of hydrogen-bond acceptors (Lipinski definition) is 4. The number of amides is 2. The summed E-state index contributed by atoms with van der Waals surface area (Å²) in [7, 11) is 0. The van der Waals surface area contributed by atoms with Crippen molar-refractivity contribution >= 4 is 11.7 Å². The number of carbonyl (C=O) groups is 1. The predicted octanol–water partition coefficient (Wildman–Crippen LogP) is 3.19. The fourth-order valence-electron chi connectivity index (χ4n) is 2.91. The highest BCUT2D eigenvalue weighted by Crippen LogP contribution is 2.26. The molecule has 0 radical (unpaired) electrons. The van der Waals surface area contributed by atoms with Crippen molar-refractivity contribution in [3.05, 3.63) is 77.5 Å². The average molecular weight is 376 g/mol. The van der Waals surface area contributed by atoms with E-state index < -0.39 is 6.03 Å². The summed E-state index contributed by atoms with van der Waals surface area (Å²) in [6.07, 6.45) is 0. The number of nitrogens with one attached hydrogen (secondary N) is 2. The third-order valence-electron chi connectivity index (χ3n) is 4.33. The van der Waals surface area contributed by atoms with Crippen molar-refractivity contribution in [3.8, 4) is 17.0 Å². The van der Waals surface area contributed by atoms with Gasteiger partial charge in [-0.15, -0.1) is 0 Å². The van der Waals surface area contributed by atoms with Gasteiger partial charge >= 0.3 is 6.03 Å². The molecule has 3 aromatic rings. The van der Waals surface area contributed by atoms with Gasteiger partial charge in [-0.05, 0) is 37.1 Å². The maximum Gasteiger partial charge on any atom is 0.431 e. The first kappa shape index (κ1) is 19.0. The molecule has 4 N–H and O–H groups in total. The molecule has 7 heteroatoms. The number of carbonyl (C=O) groups excluding carboxylic acids is 1. The molecule has 0 bridgehead atoms. The van der Waals surface area contributed by atoms with Gasteiger partial charge in [-0.25, -0.2) is 9.78 Å². The van der Waals surface area contributed by atoms with E-state index >= 15 is 0 Å². The lowest BCUT2D eigenvalue weighted by molar-refractivity contribution is -0.228. The first-order valence-electron chi connectivity index (χ1n) is 8.79. The molecule has 0 saturated carbocycles. The molecule has 3 rings (SSSR count). The van der Waals surface area contributed by atoms with Gasteiger partial charge in [0.05, 0.1) is 10.9 Å². The monoisotopic (exact) mass is 376 g/mol. The second-order valence-corrected chi connectivity index (χ2v) is 6.23. The van der Waals surface area contributed by atoms with Crippen LogP contribution >= 0.6 is 0 Å². The van der Waals surface area contributed by atoms with E-state index in [0.29, 0.717) is 11.6 Å². The van der Waals surface area contributed by atoms with Crippen molar-refractivity contribution < 1.29 is 15.1 Å². The molecule has 0 fully saturated rings. The summed E-state index contributed by atoms with van der Waals surface area (Å²) >= 11 is 0. The Kier molecular flexibility index (Phi) is 5.96. The van der Waals surface area contributed by atoms with E-state index in [4.69, 9.17) is 10.3 Å². The van der Waals surface area contributed by atoms with E-state index in [2.05, 4.69) is 33.1 Å². The zero-order valence-corrected chi connectivity index (χ0v) is 15.8. The predicted molar refractivity (Wildman–Crippen MR) is 106 cm³/mol. The molecular weight excluding hydrogens is 354 g/mol. The zero-order chi connectivity index (χ0) is 19.9. The summed E-state index contributed by atoms with van der Waals surface area (Å²) in [5.41, 5.74) is 12.6. The van der Waals surface area contributed by atoms with Crippen LogP contribution in [0, 0.1) is 13.8 Å². The number of ether oxygens (including phenoxy) is 1. The van der Waals surface area contributed by atoms with Crippen LogP contribution in [0.25, 0.3) is 11.1 Å². The maximum atomic E-state index is 11.7. The molecule has 0 aliphatic heterocycles. The normalized spacial score (nSPS) is 10.2. The number of nitrogens with zero attached hydrogens (tertiary/aromatic N) is 2. The lowest BCUT2D eigenvalue weighted by atomic mass is 10.0. The van der Waals surface area contributed by atoms with Crippen molar-refractivity contribution in [1.29, 1.82) is 0 Å². The number of benzene rings is 2. The van der Waals surface area contributed by atoms with Crippen molar-refractivity contribution in [3.63, 3.8) is 0 Å². The number of urea groups is 1. The van der Waals surface area contributed by atoms with Crippen molar-refractivity contribution in [2.75, 3.05) is 5.32 Å². The lowest BCUT2D eigenvalue weighted by Crippen LogP contribution is -2.35. The molecule has 1 aromatic heterocycles. The van der Waals surface area contributed by atoms with E-state index in [-0.39, 0.29) is 6.61 Å². The van der Waals surface area contributed by atoms with Crippen molar-refractivity contribution in [2.45, 2.75) is 20.5 Å². The summed E-state index contributed by atoms with van der Waals surface area (Å²) in [5, 5.41) is 5.82. The third-order valence-corrected chi connectivity index (χ3v) is 4.33. The summed E-state index contributed by atoms with van der Waals surface area (Å²) in [5.74, 6) is 0.521. The van der Waals surface area contributed by atoms with Gasteiger partial charge in [0.1, 0.15) is 6.61 Å². The Morgan fingerprint density at radius 2 is 1.86 bits per heavy atom. The molecule has 0 unspecified atom stereocenters. The molecule has 142 valence electrons. The molecule has 0 aliphatic carbocycles. The van der Waals surface area contributed by atoms with Crippen molar-refractivity contribution in [2.24, 2.45) is 5.22 Å². The largest absolute Gasteiger partial charge is 0.473 e. The summed E-state index contributed by atoms with van der Waals surface area (Å²) in [6.45, 7) is 4.17. The van der Waals surface area contributed by atoms with E-state index in [1.807, 2.05) is 56.3 Å². The second-order valence-electron chi connectivity index (χ2n) is 6.23. The van der Waals surface area contributed by atoms with Gasteiger partial charge in [0.2, 0.25) is 5.88 Å². The molecule has 1 heterocycles. The van der Waals surface area contributed by atoms with Gasteiger partial charge < -0.3 is 4.74 Å². The highest BCUT2D eigenvalue weighted by Gasteiger charge is 2.12. The van der Waals surface area contributed by atoms with Crippen molar-refractivity contribution in [1.82, 2.24) is 10.4 Å². The quantitative estimate of drug-likeness (QED) is 0.455. The smallest absolute Gasteiger partial charge is 0.431 e. The first-order valence-corrected chi connectivity index (χ1v) is 8.79. The molecule has 0 spiro atoms. The Hall–Kier alpha value is -3.74. The van der Waals surface area contributed by atoms with Crippen LogP contribution in [0.2, 0.25) is 0 Å². The number of anilines is 1. The molecule has 28 heavy (non-hydrogen) atoms. The Morgan fingerprint density at radius 1 is 1.07 bits per heavy atom. The first-order chi connectivity index (χ1) is 13.6. The third kappa shape index (κ3) is 4.50. The SMILES string of the molecule is Cc1cccc(NC(=O)NN=[NH2+])c1COc1ccc(-c2ccccc2)c(C)n1. The Bertz CT molecular complexity index is 989. The number of aryl methyl sites for hydroxylation is 2. The van der Waals surface area contributed by atoms with Gasteiger partial charge in [-0.3, -0.25) is 5.32 Å². The van der Waals surface area contributed by atoms with Crippen LogP contribution in [0.5, 0.6) is 5.88 Å². The minimum Gasteiger partial charge on any atom is -0.473 e. The van der Waals surface area contributed by atoms with Crippen LogP contribution < -0.4 is 21.0 Å². The number of aromatic nitrogens is 1. The molecule has 0 saturated heterocycles. The summed E-state index contributed by atoms with van der Waals surface area (Å²) in [6, 6.07) is 19.0. The van der Waals surface area contributed by atoms with Crippen LogP contribution in [0.3, 0.4) is 0 Å². The topological polar surface area (TPSA) is 101 Å². The lowest BCUT2D eigenvalue weighted by Gasteiger charge is -2.14. The van der Waals surface area contributed by atoms with E-state index in [9.17, 15) is 4.79 Å². The Balaban J connectivity index is 1.76. The number of hydrogen-bond donors (Lipinski definition) is 3. The molecule has 7 nitrogen and oxygen atoms in total. The van der Waals surface area contributed by atoms with Gasteiger partial charge in [0, 0.05) is 22.9 Å². The molecule has 2 aromatic carbocycles. The summed E-state index contributed by atoms with van der Waals surface area (Å²) < 4.78 is 5.90. The molecule has 0 aliphatic rings. The fourth-order valence-corrected chi connectivity index (χ4v) is 2.91. The summed E-state index contributed by atoms with van der Waals surface area (Å²) in [4.78, 5) is 16.3. The van der Waals surface area contributed by atoms with E-state index in [1.54, 1.807) is 6.07 Å². The fraction of sp³-hybridized carbons (Fsp3) is 0.143. The average Bonchev–Trinajstić information content (AvgIpc) is 2.68. The van der Waals surface area contributed by atoms with Crippen LogP contribution in [0.15, 0.2) is 65.9 Å².